The number of hydrogen-bond acceptors (Lipinski definition) is 2. The first-order chi connectivity index (χ1) is 7.33. The van der Waals surface area contributed by atoms with Crippen molar-refractivity contribution in [1.82, 2.24) is 4.90 Å². The quantitative estimate of drug-likeness (QED) is 0.674. The maximum absolute atomic E-state index is 9.07. The summed E-state index contributed by atoms with van der Waals surface area (Å²) in [5.41, 5.74) is 0. The maximum Gasteiger partial charge on any atom is 0.0558 e. The van der Waals surface area contributed by atoms with Crippen LogP contribution in [-0.4, -0.2) is 35.2 Å². The zero-order chi connectivity index (χ0) is 11.1. The van der Waals surface area contributed by atoms with Crippen molar-refractivity contribution in [3.8, 4) is 0 Å². The Labute approximate surface area is 92.6 Å². The highest BCUT2D eigenvalue weighted by atomic mass is 16.3. The van der Waals surface area contributed by atoms with E-state index in [2.05, 4.69) is 30.2 Å². The average Bonchev–Trinajstić information content (AvgIpc) is 2.23. The molecular weight excluding hydrogens is 186 g/mol. The molecule has 1 aliphatic rings. The topological polar surface area (TPSA) is 23.5 Å². The normalized spacial score (nSPS) is 26.5. The van der Waals surface area contributed by atoms with E-state index in [0.29, 0.717) is 12.1 Å². The first-order valence-electron chi connectivity index (χ1n) is 5.58. The van der Waals surface area contributed by atoms with Crippen molar-refractivity contribution in [1.29, 1.82) is 0 Å². The molecule has 84 valence electrons. The van der Waals surface area contributed by atoms with Gasteiger partial charge in [0, 0.05) is 18.6 Å². The largest absolute Gasteiger partial charge is 0.395 e. The summed E-state index contributed by atoms with van der Waals surface area (Å²) in [6, 6.07) is 0.887. The van der Waals surface area contributed by atoms with E-state index in [9.17, 15) is 0 Å². The van der Waals surface area contributed by atoms with E-state index in [1.54, 1.807) is 0 Å². The van der Waals surface area contributed by atoms with E-state index >= 15 is 0 Å². The monoisotopic (exact) mass is 207 g/mol. The van der Waals surface area contributed by atoms with Crippen molar-refractivity contribution in [3.05, 3.63) is 37.5 Å². The highest BCUT2D eigenvalue weighted by Crippen LogP contribution is 2.21. The second kappa shape index (κ2) is 6.59. The predicted molar refractivity (Wildman–Crippen MR) is 64.8 cm³/mol. The van der Waals surface area contributed by atoms with Crippen LogP contribution in [0.1, 0.15) is 19.3 Å². The molecule has 1 aliphatic heterocycles. The van der Waals surface area contributed by atoms with Gasteiger partial charge in [0.25, 0.3) is 0 Å². The minimum absolute atomic E-state index is 0.217. The third kappa shape index (κ3) is 3.33. The SMILES string of the molecule is C=CC[C@H]1CC=C[C@H](CC=C)N1CCO. The number of β-amino-alcohol motifs (C(OH)–C–C–N with tert-alkyl or cyclic N) is 1. The molecule has 0 aliphatic carbocycles. The van der Waals surface area contributed by atoms with Crippen LogP contribution in [0.4, 0.5) is 0 Å². The number of aliphatic hydroxyl groups excluding tert-OH is 1. The van der Waals surface area contributed by atoms with Gasteiger partial charge in [-0.2, -0.15) is 0 Å². The lowest BCUT2D eigenvalue weighted by Gasteiger charge is -2.38. The van der Waals surface area contributed by atoms with E-state index in [1.807, 2.05) is 12.2 Å². The average molecular weight is 207 g/mol. The van der Waals surface area contributed by atoms with Crippen LogP contribution in [0.5, 0.6) is 0 Å². The molecule has 0 radical (unpaired) electrons. The Bertz CT molecular complexity index is 235. The smallest absolute Gasteiger partial charge is 0.0558 e. The van der Waals surface area contributed by atoms with Crippen molar-refractivity contribution >= 4 is 0 Å². The summed E-state index contributed by atoms with van der Waals surface area (Å²) in [5.74, 6) is 0. The summed E-state index contributed by atoms with van der Waals surface area (Å²) in [5, 5.41) is 9.07. The van der Waals surface area contributed by atoms with Gasteiger partial charge in [-0.15, -0.1) is 13.2 Å². The zero-order valence-electron chi connectivity index (χ0n) is 9.31. The fourth-order valence-electron chi connectivity index (χ4n) is 2.18. The summed E-state index contributed by atoms with van der Waals surface area (Å²) >= 11 is 0. The second-order valence-electron chi connectivity index (χ2n) is 3.90. The van der Waals surface area contributed by atoms with Crippen molar-refractivity contribution < 1.29 is 5.11 Å². The lowest BCUT2D eigenvalue weighted by molar-refractivity contribution is 0.117. The van der Waals surface area contributed by atoms with Gasteiger partial charge in [0.05, 0.1) is 6.61 Å². The molecule has 2 atom stereocenters. The molecule has 1 rings (SSSR count). The minimum Gasteiger partial charge on any atom is -0.395 e. The highest BCUT2D eigenvalue weighted by Gasteiger charge is 2.24. The van der Waals surface area contributed by atoms with Crippen LogP contribution in [-0.2, 0) is 0 Å². The standard InChI is InChI=1S/C13H21NO/c1-3-6-12-8-5-9-13(7-4-2)14(12)10-11-15/h3-5,8,12-13,15H,1-2,6-7,9-11H2/t12-,13-/m0/s1. The van der Waals surface area contributed by atoms with Crippen molar-refractivity contribution in [3.63, 3.8) is 0 Å². The van der Waals surface area contributed by atoms with Crippen molar-refractivity contribution in [2.45, 2.75) is 31.3 Å². The van der Waals surface area contributed by atoms with Crippen LogP contribution in [0.25, 0.3) is 0 Å². The van der Waals surface area contributed by atoms with E-state index < -0.39 is 0 Å². The van der Waals surface area contributed by atoms with Gasteiger partial charge in [0.2, 0.25) is 0 Å². The fourth-order valence-corrected chi connectivity index (χ4v) is 2.18. The van der Waals surface area contributed by atoms with Crippen LogP contribution in [0.15, 0.2) is 37.5 Å². The van der Waals surface area contributed by atoms with Gasteiger partial charge >= 0.3 is 0 Å². The second-order valence-corrected chi connectivity index (χ2v) is 3.90. The Kier molecular flexibility index (Phi) is 5.37. The molecule has 2 nitrogen and oxygen atoms in total. The Hall–Kier alpha value is -0.860. The lowest BCUT2D eigenvalue weighted by Crippen LogP contribution is -2.45. The Morgan fingerprint density at radius 3 is 2.67 bits per heavy atom. The summed E-state index contributed by atoms with van der Waals surface area (Å²) in [4.78, 5) is 2.35. The Morgan fingerprint density at radius 2 is 2.07 bits per heavy atom. The van der Waals surface area contributed by atoms with Crippen LogP contribution in [0, 0.1) is 0 Å². The van der Waals surface area contributed by atoms with Gasteiger partial charge in [-0.05, 0) is 19.3 Å². The molecule has 0 aromatic carbocycles. The summed E-state index contributed by atoms with van der Waals surface area (Å²) < 4.78 is 0. The molecule has 1 N–H and O–H groups in total. The third-order valence-electron chi connectivity index (χ3n) is 2.87. The third-order valence-corrected chi connectivity index (χ3v) is 2.87. The zero-order valence-corrected chi connectivity index (χ0v) is 9.31. The lowest BCUT2D eigenvalue weighted by atomic mass is 9.98. The number of nitrogens with zero attached hydrogens (tertiary/aromatic N) is 1. The Morgan fingerprint density at radius 1 is 1.33 bits per heavy atom. The molecule has 0 fully saturated rings. The van der Waals surface area contributed by atoms with Crippen molar-refractivity contribution in [2.75, 3.05) is 13.2 Å². The van der Waals surface area contributed by atoms with Crippen LogP contribution in [0.3, 0.4) is 0 Å². The maximum atomic E-state index is 9.07. The van der Waals surface area contributed by atoms with Gasteiger partial charge < -0.3 is 5.11 Å². The summed E-state index contributed by atoms with van der Waals surface area (Å²) in [7, 11) is 0. The molecule has 0 unspecified atom stereocenters. The minimum atomic E-state index is 0.217. The van der Waals surface area contributed by atoms with Crippen LogP contribution < -0.4 is 0 Å². The van der Waals surface area contributed by atoms with Crippen molar-refractivity contribution in [2.24, 2.45) is 0 Å². The molecule has 0 saturated carbocycles. The summed E-state index contributed by atoms with van der Waals surface area (Å²) in [6.07, 6.45) is 11.3. The van der Waals surface area contributed by atoms with Gasteiger partial charge in [-0.1, -0.05) is 24.3 Å². The van der Waals surface area contributed by atoms with Gasteiger partial charge in [0.15, 0.2) is 0 Å². The van der Waals surface area contributed by atoms with Gasteiger partial charge in [-0.3, -0.25) is 4.90 Å². The number of rotatable bonds is 6. The molecule has 0 bridgehead atoms. The fraction of sp³-hybridized carbons (Fsp3) is 0.538. The van der Waals surface area contributed by atoms with Crippen LogP contribution >= 0.6 is 0 Å². The van der Waals surface area contributed by atoms with E-state index in [0.717, 1.165) is 25.8 Å². The molecule has 0 amide bonds. The molecule has 0 aromatic heterocycles. The number of aliphatic hydroxyl groups is 1. The van der Waals surface area contributed by atoms with Crippen LogP contribution in [0.2, 0.25) is 0 Å². The Balaban J connectivity index is 2.68. The summed E-state index contributed by atoms with van der Waals surface area (Å²) in [6.45, 7) is 8.52. The molecule has 0 aromatic rings. The van der Waals surface area contributed by atoms with Gasteiger partial charge in [0.1, 0.15) is 0 Å². The molecule has 15 heavy (non-hydrogen) atoms. The van der Waals surface area contributed by atoms with E-state index in [4.69, 9.17) is 5.11 Å². The van der Waals surface area contributed by atoms with E-state index in [-0.39, 0.29) is 6.61 Å². The molecule has 2 heteroatoms. The molecular formula is C13H21NO. The van der Waals surface area contributed by atoms with Gasteiger partial charge in [-0.25, -0.2) is 0 Å². The van der Waals surface area contributed by atoms with E-state index in [1.165, 1.54) is 0 Å². The first-order valence-corrected chi connectivity index (χ1v) is 5.58. The highest BCUT2D eigenvalue weighted by molar-refractivity contribution is 5.06. The molecule has 0 saturated heterocycles. The molecule has 1 heterocycles. The predicted octanol–water partition coefficient (Wildman–Crippen LogP) is 2.13. The first kappa shape index (κ1) is 12.2. The number of hydrogen-bond donors (Lipinski definition) is 1. The molecule has 0 spiro atoms.